The predicted octanol–water partition coefficient (Wildman–Crippen LogP) is 8.45. The fraction of sp³-hybridized carbons (Fsp3) is 0.312. The maximum absolute atomic E-state index is 5.70. The first-order valence-corrected chi connectivity index (χ1v) is 12.3. The number of anilines is 3. The summed E-state index contributed by atoms with van der Waals surface area (Å²) in [4.78, 5) is 2.34. The van der Waals surface area contributed by atoms with Crippen molar-refractivity contribution in [2.75, 3.05) is 24.7 Å². The van der Waals surface area contributed by atoms with Crippen LogP contribution < -0.4 is 4.90 Å². The van der Waals surface area contributed by atoms with Gasteiger partial charge in [-0.05, 0) is 117 Å². The lowest BCUT2D eigenvalue weighted by Crippen LogP contribution is -2.11. The van der Waals surface area contributed by atoms with Crippen LogP contribution >= 0.6 is 0 Å². The molecule has 0 saturated carbocycles. The average molecular weight is 470 g/mol. The van der Waals surface area contributed by atoms with E-state index in [1.165, 1.54) is 39.2 Å². The molecule has 0 N–H and O–H groups in total. The van der Waals surface area contributed by atoms with Crippen LogP contribution in [-0.2, 0) is 15.9 Å². The Morgan fingerprint density at radius 1 is 0.686 bits per heavy atom. The second kappa shape index (κ2) is 12.4. The van der Waals surface area contributed by atoms with Crippen molar-refractivity contribution in [3.63, 3.8) is 0 Å². The standard InChI is InChI=1S/C32H39NO2/c1-23(2)28(7)35-20-19-34-18-8-9-29-12-16-30(17-13-29)33(31-14-10-24(3)26(5)21-31)32-15-11-25(4)27(6)22-32/h10-17,21-22H,1,7-9,18-20H2,2-6H3. The van der Waals surface area contributed by atoms with Crippen LogP contribution in [-0.4, -0.2) is 19.8 Å². The van der Waals surface area contributed by atoms with Crippen LogP contribution in [0.15, 0.2) is 85.2 Å². The highest BCUT2D eigenvalue weighted by atomic mass is 16.5. The largest absolute Gasteiger partial charge is 0.492 e. The second-order valence-corrected chi connectivity index (χ2v) is 9.31. The van der Waals surface area contributed by atoms with Gasteiger partial charge < -0.3 is 14.4 Å². The van der Waals surface area contributed by atoms with Crippen molar-refractivity contribution < 1.29 is 9.47 Å². The van der Waals surface area contributed by atoms with E-state index < -0.39 is 0 Å². The number of aryl methyl sites for hydroxylation is 5. The van der Waals surface area contributed by atoms with Crippen molar-refractivity contribution in [3.8, 4) is 0 Å². The summed E-state index contributed by atoms with van der Waals surface area (Å²) in [7, 11) is 0. The Balaban J connectivity index is 1.65. The van der Waals surface area contributed by atoms with Gasteiger partial charge in [-0.2, -0.15) is 0 Å². The number of allylic oxidation sites excluding steroid dienone is 1. The topological polar surface area (TPSA) is 21.7 Å². The van der Waals surface area contributed by atoms with E-state index in [4.69, 9.17) is 9.47 Å². The Kier molecular flexibility index (Phi) is 9.33. The van der Waals surface area contributed by atoms with Crippen molar-refractivity contribution in [3.05, 3.63) is 113 Å². The van der Waals surface area contributed by atoms with Crippen molar-refractivity contribution in [1.82, 2.24) is 0 Å². The molecule has 3 aromatic rings. The van der Waals surface area contributed by atoms with Crippen molar-refractivity contribution in [1.29, 1.82) is 0 Å². The molecule has 0 aliphatic heterocycles. The van der Waals surface area contributed by atoms with Gasteiger partial charge in [0.25, 0.3) is 0 Å². The summed E-state index contributed by atoms with van der Waals surface area (Å²) >= 11 is 0. The predicted molar refractivity (Wildman–Crippen MR) is 149 cm³/mol. The minimum Gasteiger partial charge on any atom is -0.492 e. The zero-order valence-corrected chi connectivity index (χ0v) is 22.0. The monoisotopic (exact) mass is 469 g/mol. The maximum atomic E-state index is 5.70. The van der Waals surface area contributed by atoms with Gasteiger partial charge in [-0.3, -0.25) is 0 Å². The van der Waals surface area contributed by atoms with E-state index >= 15 is 0 Å². The van der Waals surface area contributed by atoms with Gasteiger partial charge in [0.05, 0.1) is 6.61 Å². The van der Waals surface area contributed by atoms with Crippen LogP contribution in [0, 0.1) is 27.7 Å². The Morgan fingerprint density at radius 3 is 1.74 bits per heavy atom. The quantitative estimate of drug-likeness (QED) is 0.151. The molecule has 3 nitrogen and oxygen atoms in total. The highest BCUT2D eigenvalue weighted by molar-refractivity contribution is 5.77. The molecule has 0 aliphatic carbocycles. The molecule has 0 saturated heterocycles. The summed E-state index contributed by atoms with van der Waals surface area (Å²) in [6, 6.07) is 22.2. The Hall–Kier alpha value is -3.30. The SMILES string of the molecule is C=C(C)C(=C)OCCOCCCc1ccc(N(c2ccc(C)c(C)c2)c2ccc(C)c(C)c2)cc1. The molecular weight excluding hydrogens is 430 g/mol. The number of benzene rings is 3. The molecule has 0 fully saturated rings. The fourth-order valence-electron chi connectivity index (χ4n) is 3.82. The van der Waals surface area contributed by atoms with Crippen molar-refractivity contribution in [2.24, 2.45) is 0 Å². The smallest absolute Gasteiger partial charge is 0.114 e. The summed E-state index contributed by atoms with van der Waals surface area (Å²) in [5, 5.41) is 0. The zero-order valence-electron chi connectivity index (χ0n) is 22.0. The average Bonchev–Trinajstić information content (AvgIpc) is 2.83. The minimum absolute atomic E-state index is 0.507. The number of rotatable bonds is 12. The number of nitrogens with zero attached hydrogens (tertiary/aromatic N) is 1. The molecule has 0 radical (unpaired) electrons. The third-order valence-electron chi connectivity index (χ3n) is 6.43. The van der Waals surface area contributed by atoms with Crippen LogP contribution in [0.25, 0.3) is 0 Å². The van der Waals surface area contributed by atoms with Gasteiger partial charge in [-0.15, -0.1) is 0 Å². The molecular formula is C32H39NO2. The molecule has 184 valence electrons. The molecule has 0 heterocycles. The fourth-order valence-corrected chi connectivity index (χ4v) is 3.82. The Bertz CT molecular complexity index is 1110. The van der Waals surface area contributed by atoms with Crippen molar-refractivity contribution >= 4 is 17.1 Å². The zero-order chi connectivity index (χ0) is 25.4. The van der Waals surface area contributed by atoms with Gasteiger partial charge in [0.15, 0.2) is 0 Å². The van der Waals surface area contributed by atoms with E-state index in [2.05, 4.69) is 106 Å². The van der Waals surface area contributed by atoms with Gasteiger partial charge in [-0.25, -0.2) is 0 Å². The molecule has 3 rings (SSSR count). The molecule has 0 spiro atoms. The Morgan fingerprint density at radius 2 is 1.23 bits per heavy atom. The van der Waals surface area contributed by atoms with E-state index in [0.717, 1.165) is 24.1 Å². The Labute approximate surface area is 211 Å². The van der Waals surface area contributed by atoms with E-state index in [1.807, 2.05) is 6.92 Å². The normalized spacial score (nSPS) is 10.8. The lowest BCUT2D eigenvalue weighted by atomic mass is 10.0. The van der Waals surface area contributed by atoms with E-state index in [-0.39, 0.29) is 0 Å². The lowest BCUT2D eigenvalue weighted by Gasteiger charge is -2.27. The minimum atomic E-state index is 0.507. The molecule has 3 heteroatoms. The summed E-state index contributed by atoms with van der Waals surface area (Å²) < 4.78 is 11.2. The lowest BCUT2D eigenvalue weighted by molar-refractivity contribution is 0.0770. The molecule has 0 aromatic heterocycles. The van der Waals surface area contributed by atoms with Crippen molar-refractivity contribution in [2.45, 2.75) is 47.5 Å². The van der Waals surface area contributed by atoms with Crippen LogP contribution in [0.3, 0.4) is 0 Å². The van der Waals surface area contributed by atoms with Crippen LogP contribution in [0.5, 0.6) is 0 Å². The first-order valence-electron chi connectivity index (χ1n) is 12.3. The second-order valence-electron chi connectivity index (χ2n) is 9.31. The van der Waals surface area contributed by atoms with Crippen LogP contribution in [0.2, 0.25) is 0 Å². The molecule has 0 amide bonds. The van der Waals surface area contributed by atoms with Crippen LogP contribution in [0.4, 0.5) is 17.1 Å². The van der Waals surface area contributed by atoms with Gasteiger partial charge in [0, 0.05) is 23.7 Å². The third kappa shape index (κ3) is 7.34. The first-order chi connectivity index (χ1) is 16.8. The summed E-state index contributed by atoms with van der Waals surface area (Å²) in [5.74, 6) is 0.629. The molecule has 0 aliphatic rings. The van der Waals surface area contributed by atoms with Gasteiger partial charge in [-0.1, -0.05) is 37.4 Å². The summed E-state index contributed by atoms with van der Waals surface area (Å²) in [6.07, 6.45) is 1.95. The molecule has 35 heavy (non-hydrogen) atoms. The maximum Gasteiger partial charge on any atom is 0.114 e. The highest BCUT2D eigenvalue weighted by Crippen LogP contribution is 2.36. The van der Waals surface area contributed by atoms with Gasteiger partial charge in [0.1, 0.15) is 12.4 Å². The van der Waals surface area contributed by atoms with E-state index in [1.54, 1.807) is 0 Å². The van der Waals surface area contributed by atoms with Gasteiger partial charge >= 0.3 is 0 Å². The molecule has 0 bridgehead atoms. The molecule has 0 unspecified atom stereocenters. The number of hydrogen-bond donors (Lipinski definition) is 0. The first kappa shape index (κ1) is 26.3. The van der Waals surface area contributed by atoms with Gasteiger partial charge in [0.2, 0.25) is 0 Å². The van der Waals surface area contributed by atoms with E-state index in [0.29, 0.717) is 25.6 Å². The van der Waals surface area contributed by atoms with Crippen LogP contribution in [0.1, 0.15) is 41.2 Å². The molecule has 0 atom stereocenters. The molecule has 3 aromatic carbocycles. The van der Waals surface area contributed by atoms with E-state index in [9.17, 15) is 0 Å². The highest BCUT2D eigenvalue weighted by Gasteiger charge is 2.14. The summed E-state index contributed by atoms with van der Waals surface area (Å²) in [5.41, 5.74) is 10.9. The number of ether oxygens (including phenoxy) is 2. The number of hydrogen-bond acceptors (Lipinski definition) is 3. The third-order valence-corrected chi connectivity index (χ3v) is 6.43. The summed E-state index contributed by atoms with van der Waals surface area (Å²) in [6.45, 7) is 20.0.